The molecule has 0 aliphatic heterocycles. The van der Waals surface area contributed by atoms with Gasteiger partial charge in [-0.05, 0) is 57.5 Å². The zero-order chi connectivity index (χ0) is 23.7. The topological polar surface area (TPSA) is 103 Å². The minimum absolute atomic E-state index is 0.0705. The van der Waals surface area contributed by atoms with E-state index in [4.69, 9.17) is 18.9 Å². The minimum atomic E-state index is -1.16. The lowest BCUT2D eigenvalue weighted by atomic mass is 10.0. The van der Waals surface area contributed by atoms with Crippen LogP contribution in [0.2, 0.25) is 0 Å². The van der Waals surface area contributed by atoms with Crippen LogP contribution in [-0.4, -0.2) is 42.5 Å². The number of amides is 1. The maximum Gasteiger partial charge on any atom is 0.408 e. The number of para-hydroxylation sites is 2. The Labute approximate surface area is 188 Å². The summed E-state index contributed by atoms with van der Waals surface area (Å²) in [5.41, 5.74) is 0.707. The zero-order valence-corrected chi connectivity index (χ0v) is 19.1. The van der Waals surface area contributed by atoms with E-state index < -0.39 is 23.7 Å². The van der Waals surface area contributed by atoms with E-state index in [9.17, 15) is 14.7 Å². The second-order valence-electron chi connectivity index (χ2n) is 8.06. The maximum absolute atomic E-state index is 12.0. The molecule has 2 rings (SSSR count). The first-order chi connectivity index (χ1) is 15.1. The fraction of sp³-hybridized carbons (Fsp3) is 0.417. The molecule has 1 atom stereocenters. The molecule has 2 N–H and O–H groups in total. The highest BCUT2D eigenvalue weighted by Crippen LogP contribution is 2.29. The predicted molar refractivity (Wildman–Crippen MR) is 119 cm³/mol. The molecular weight excluding hydrogens is 414 g/mol. The first-order valence-electron chi connectivity index (χ1n) is 10.4. The number of benzene rings is 2. The molecule has 2 aromatic carbocycles. The molecule has 0 heterocycles. The van der Waals surface area contributed by atoms with Crippen LogP contribution in [0.1, 0.15) is 38.8 Å². The van der Waals surface area contributed by atoms with Gasteiger partial charge in [-0.1, -0.05) is 18.2 Å². The van der Waals surface area contributed by atoms with Crippen molar-refractivity contribution in [2.75, 3.05) is 13.7 Å². The highest BCUT2D eigenvalue weighted by Gasteiger charge is 2.24. The van der Waals surface area contributed by atoms with Crippen molar-refractivity contribution in [1.82, 2.24) is 5.32 Å². The molecule has 2 aromatic rings. The van der Waals surface area contributed by atoms with Gasteiger partial charge in [0.1, 0.15) is 24.0 Å². The molecule has 0 radical (unpaired) electrons. The lowest BCUT2D eigenvalue weighted by Crippen LogP contribution is -2.44. The van der Waals surface area contributed by atoms with Crippen molar-refractivity contribution < 1.29 is 33.6 Å². The molecule has 174 valence electrons. The molecule has 32 heavy (non-hydrogen) atoms. The summed E-state index contributed by atoms with van der Waals surface area (Å²) in [7, 11) is 1.55. The second-order valence-corrected chi connectivity index (χ2v) is 8.06. The summed E-state index contributed by atoms with van der Waals surface area (Å²) in [6, 6.07) is 11.5. The van der Waals surface area contributed by atoms with Crippen molar-refractivity contribution in [3.8, 4) is 17.2 Å². The Morgan fingerprint density at radius 3 is 2.25 bits per heavy atom. The Bertz CT molecular complexity index is 921. The van der Waals surface area contributed by atoms with E-state index in [-0.39, 0.29) is 13.0 Å². The van der Waals surface area contributed by atoms with Crippen LogP contribution in [0.4, 0.5) is 4.79 Å². The second kappa shape index (κ2) is 11.3. The SMILES string of the molecule is CCOc1ccccc1OCc1cc(CC(NC(=O)OC(C)(C)C)C(=O)O)ccc1OC. The number of carbonyl (C=O) groups excluding carboxylic acids is 1. The molecule has 0 aliphatic carbocycles. The Kier molecular flexibility index (Phi) is 8.75. The van der Waals surface area contributed by atoms with Crippen molar-refractivity contribution in [3.05, 3.63) is 53.6 Å². The number of aliphatic carboxylic acids is 1. The van der Waals surface area contributed by atoms with Crippen molar-refractivity contribution in [1.29, 1.82) is 0 Å². The summed E-state index contributed by atoms with van der Waals surface area (Å²) in [4.78, 5) is 23.7. The van der Waals surface area contributed by atoms with Crippen LogP contribution in [0.5, 0.6) is 17.2 Å². The average Bonchev–Trinajstić information content (AvgIpc) is 2.71. The van der Waals surface area contributed by atoms with Gasteiger partial charge in [0.15, 0.2) is 11.5 Å². The third kappa shape index (κ3) is 7.68. The number of rotatable bonds is 10. The van der Waals surface area contributed by atoms with Gasteiger partial charge in [-0.15, -0.1) is 0 Å². The first-order valence-corrected chi connectivity index (χ1v) is 10.4. The number of hydrogen-bond donors (Lipinski definition) is 2. The molecule has 0 bridgehead atoms. The van der Waals surface area contributed by atoms with Gasteiger partial charge < -0.3 is 29.4 Å². The third-order valence-electron chi connectivity index (χ3n) is 4.31. The van der Waals surface area contributed by atoms with Crippen LogP contribution in [0, 0.1) is 0 Å². The van der Waals surface area contributed by atoms with Crippen LogP contribution >= 0.6 is 0 Å². The highest BCUT2D eigenvalue weighted by molar-refractivity contribution is 5.80. The van der Waals surface area contributed by atoms with E-state index in [1.165, 1.54) is 0 Å². The van der Waals surface area contributed by atoms with E-state index in [0.717, 1.165) is 5.56 Å². The normalized spacial score (nSPS) is 11.9. The molecule has 0 aromatic heterocycles. The molecule has 0 aliphatic rings. The Balaban J connectivity index is 2.15. The van der Waals surface area contributed by atoms with Crippen LogP contribution in [-0.2, 0) is 22.6 Å². The summed E-state index contributed by atoms with van der Waals surface area (Å²) in [5, 5.41) is 12.0. The average molecular weight is 446 g/mol. The molecule has 0 spiro atoms. The van der Waals surface area contributed by atoms with E-state index in [2.05, 4.69) is 5.32 Å². The smallest absolute Gasteiger partial charge is 0.408 e. The molecule has 0 saturated heterocycles. The van der Waals surface area contributed by atoms with Gasteiger partial charge in [-0.3, -0.25) is 0 Å². The van der Waals surface area contributed by atoms with Gasteiger partial charge >= 0.3 is 12.1 Å². The van der Waals surface area contributed by atoms with Crippen LogP contribution in [0.25, 0.3) is 0 Å². The van der Waals surface area contributed by atoms with E-state index in [1.54, 1.807) is 46.1 Å². The fourth-order valence-electron chi connectivity index (χ4n) is 2.96. The summed E-state index contributed by atoms with van der Waals surface area (Å²) in [6.45, 7) is 7.73. The Morgan fingerprint density at radius 1 is 1.03 bits per heavy atom. The minimum Gasteiger partial charge on any atom is -0.496 e. The standard InChI is InChI=1S/C24H31NO7/c1-6-30-20-9-7-8-10-21(20)31-15-17-13-16(11-12-19(17)29-5)14-18(22(26)27)25-23(28)32-24(2,3)4/h7-13,18H,6,14-15H2,1-5H3,(H,25,28)(H,26,27). The molecule has 8 nitrogen and oxygen atoms in total. The number of alkyl carbamates (subject to hydrolysis) is 1. The summed E-state index contributed by atoms with van der Waals surface area (Å²) < 4.78 is 22.1. The van der Waals surface area contributed by atoms with E-state index in [0.29, 0.717) is 29.4 Å². The fourth-order valence-corrected chi connectivity index (χ4v) is 2.96. The molecule has 0 saturated carbocycles. The number of nitrogens with one attached hydrogen (secondary N) is 1. The highest BCUT2D eigenvalue weighted by atomic mass is 16.6. The lowest BCUT2D eigenvalue weighted by molar-refractivity contribution is -0.139. The van der Waals surface area contributed by atoms with Gasteiger partial charge in [0, 0.05) is 12.0 Å². The number of carboxylic acids is 1. The summed E-state index contributed by atoms with van der Waals surface area (Å²) >= 11 is 0. The van der Waals surface area contributed by atoms with E-state index in [1.807, 2.05) is 31.2 Å². The number of carbonyl (C=O) groups is 2. The van der Waals surface area contributed by atoms with Crippen LogP contribution in [0.3, 0.4) is 0 Å². The first kappa shape index (κ1) is 24.8. The quantitative estimate of drug-likeness (QED) is 0.565. The van der Waals surface area contributed by atoms with Crippen molar-refractivity contribution >= 4 is 12.1 Å². The van der Waals surface area contributed by atoms with Gasteiger partial charge in [-0.2, -0.15) is 0 Å². The molecular formula is C24H31NO7. The number of ether oxygens (including phenoxy) is 4. The monoisotopic (exact) mass is 445 g/mol. The molecule has 8 heteroatoms. The maximum atomic E-state index is 12.0. The van der Waals surface area contributed by atoms with Crippen molar-refractivity contribution in [2.45, 2.75) is 52.4 Å². The summed E-state index contributed by atoms with van der Waals surface area (Å²) in [6.07, 6.45) is -0.712. The van der Waals surface area contributed by atoms with Crippen molar-refractivity contribution in [2.24, 2.45) is 0 Å². The molecule has 1 unspecified atom stereocenters. The predicted octanol–water partition coefficient (Wildman–Crippen LogP) is 4.19. The Morgan fingerprint density at radius 2 is 1.69 bits per heavy atom. The van der Waals surface area contributed by atoms with Crippen LogP contribution in [0.15, 0.2) is 42.5 Å². The van der Waals surface area contributed by atoms with E-state index >= 15 is 0 Å². The number of carboxylic acid groups (broad SMARTS) is 1. The van der Waals surface area contributed by atoms with Crippen molar-refractivity contribution in [3.63, 3.8) is 0 Å². The van der Waals surface area contributed by atoms with Gasteiger partial charge in [0.05, 0.1) is 13.7 Å². The Hall–Kier alpha value is -3.42. The number of hydrogen-bond acceptors (Lipinski definition) is 6. The number of methoxy groups -OCH3 is 1. The zero-order valence-electron chi connectivity index (χ0n) is 19.1. The lowest BCUT2D eigenvalue weighted by Gasteiger charge is -2.22. The van der Waals surface area contributed by atoms with Gasteiger partial charge in [0.2, 0.25) is 0 Å². The molecule has 0 fully saturated rings. The van der Waals surface area contributed by atoms with Crippen LogP contribution < -0.4 is 19.5 Å². The third-order valence-corrected chi connectivity index (χ3v) is 4.31. The largest absolute Gasteiger partial charge is 0.496 e. The van der Waals surface area contributed by atoms with Gasteiger partial charge in [-0.25, -0.2) is 9.59 Å². The van der Waals surface area contributed by atoms with Gasteiger partial charge in [0.25, 0.3) is 0 Å². The summed E-state index contributed by atoms with van der Waals surface area (Å²) in [5.74, 6) is 0.680. The molecule has 1 amide bonds.